The van der Waals surface area contributed by atoms with Crippen LogP contribution in [0.4, 0.5) is 8.78 Å². The Labute approximate surface area is 190 Å². The van der Waals surface area contributed by atoms with E-state index in [1.807, 2.05) is 48.5 Å². The highest BCUT2D eigenvalue weighted by Crippen LogP contribution is 2.29. The summed E-state index contributed by atoms with van der Waals surface area (Å²) in [7, 11) is -2.01. The molecule has 0 saturated heterocycles. The van der Waals surface area contributed by atoms with E-state index in [1.165, 1.54) is 0 Å². The molecule has 0 aromatic heterocycles. The highest BCUT2D eigenvalue weighted by molar-refractivity contribution is 6.89. The standard InChI is InChI=1S/C27H32F2O2Si/c1-4-5-19-32(2,3)25-16-15-24(26(28)27(25)29)22-9-7-20(8-10-22)21-11-13-23(14-12-21)31-18-6-17-30/h7-16,30H,4-6,17-19H2,1-3H3. The second-order valence-electron chi connectivity index (χ2n) is 8.80. The van der Waals surface area contributed by atoms with E-state index in [-0.39, 0.29) is 6.61 Å². The number of halogens is 2. The summed E-state index contributed by atoms with van der Waals surface area (Å²) in [6.07, 6.45) is 2.70. The lowest BCUT2D eigenvalue weighted by Gasteiger charge is -2.24. The molecule has 3 aromatic rings. The number of aliphatic hydroxyl groups excluding tert-OH is 1. The predicted octanol–water partition coefficient (Wildman–Crippen LogP) is 6.78. The van der Waals surface area contributed by atoms with Gasteiger partial charge in [0.05, 0.1) is 14.7 Å². The molecule has 0 aliphatic heterocycles. The van der Waals surface area contributed by atoms with E-state index in [0.717, 1.165) is 35.8 Å². The summed E-state index contributed by atoms with van der Waals surface area (Å²) in [6, 6.07) is 19.7. The predicted molar refractivity (Wildman–Crippen MR) is 131 cm³/mol. The van der Waals surface area contributed by atoms with Crippen LogP contribution < -0.4 is 9.92 Å². The lowest BCUT2D eigenvalue weighted by atomic mass is 10.00. The summed E-state index contributed by atoms with van der Waals surface area (Å²) in [5, 5.41) is 9.41. The van der Waals surface area contributed by atoms with Crippen molar-refractivity contribution in [2.24, 2.45) is 0 Å². The van der Waals surface area contributed by atoms with Crippen LogP contribution in [0.2, 0.25) is 19.1 Å². The average molecular weight is 455 g/mol. The summed E-state index contributed by atoms with van der Waals surface area (Å²) in [6.45, 7) is 6.92. The molecule has 0 unspecified atom stereocenters. The van der Waals surface area contributed by atoms with Gasteiger partial charge in [-0.25, -0.2) is 8.78 Å². The minimum Gasteiger partial charge on any atom is -0.494 e. The maximum absolute atomic E-state index is 15.0. The number of benzene rings is 3. The molecule has 0 aliphatic rings. The number of rotatable bonds is 10. The molecular weight excluding hydrogens is 422 g/mol. The first-order chi connectivity index (χ1) is 15.4. The molecule has 0 saturated carbocycles. The number of hydrogen-bond acceptors (Lipinski definition) is 2. The molecule has 3 aromatic carbocycles. The molecular formula is C27H32F2O2Si. The van der Waals surface area contributed by atoms with Crippen LogP contribution in [0.25, 0.3) is 22.3 Å². The Morgan fingerprint density at radius 2 is 1.38 bits per heavy atom. The monoisotopic (exact) mass is 454 g/mol. The van der Waals surface area contributed by atoms with Gasteiger partial charge in [0.2, 0.25) is 0 Å². The van der Waals surface area contributed by atoms with Crippen molar-refractivity contribution in [3.05, 3.63) is 72.3 Å². The fourth-order valence-corrected chi connectivity index (χ4v) is 6.63. The van der Waals surface area contributed by atoms with Crippen LogP contribution in [0.15, 0.2) is 60.7 Å². The van der Waals surface area contributed by atoms with Crippen molar-refractivity contribution in [2.45, 2.75) is 45.3 Å². The molecule has 5 heteroatoms. The molecule has 0 atom stereocenters. The third-order valence-electron chi connectivity index (χ3n) is 5.92. The van der Waals surface area contributed by atoms with Crippen LogP contribution in [0, 0.1) is 11.6 Å². The summed E-state index contributed by atoms with van der Waals surface area (Å²) in [5.41, 5.74) is 2.96. The van der Waals surface area contributed by atoms with Crippen LogP contribution in [0.1, 0.15) is 26.2 Å². The zero-order chi connectivity index (χ0) is 23.1. The van der Waals surface area contributed by atoms with Gasteiger partial charge in [0.25, 0.3) is 0 Å². The summed E-state index contributed by atoms with van der Waals surface area (Å²) in [5.74, 6) is -0.685. The SMILES string of the molecule is CCCC[Si](C)(C)c1ccc(-c2ccc(-c3ccc(OCCCO)cc3)cc2)c(F)c1F. The molecule has 170 valence electrons. The maximum atomic E-state index is 15.0. The van der Waals surface area contributed by atoms with Gasteiger partial charge in [-0.05, 0) is 34.0 Å². The lowest BCUT2D eigenvalue weighted by Crippen LogP contribution is -2.43. The minimum absolute atomic E-state index is 0.107. The Morgan fingerprint density at radius 3 is 1.97 bits per heavy atom. The van der Waals surface area contributed by atoms with Gasteiger partial charge in [0.15, 0.2) is 11.6 Å². The van der Waals surface area contributed by atoms with Crippen molar-refractivity contribution in [3.63, 3.8) is 0 Å². The van der Waals surface area contributed by atoms with Gasteiger partial charge in [-0.15, -0.1) is 0 Å². The highest BCUT2D eigenvalue weighted by atomic mass is 28.3. The van der Waals surface area contributed by atoms with Gasteiger partial charge < -0.3 is 9.84 Å². The van der Waals surface area contributed by atoms with Crippen molar-refractivity contribution in [3.8, 4) is 28.0 Å². The first kappa shape index (κ1) is 24.1. The zero-order valence-corrected chi connectivity index (χ0v) is 20.1. The molecule has 1 N–H and O–H groups in total. The van der Waals surface area contributed by atoms with Gasteiger partial charge in [-0.1, -0.05) is 87.4 Å². The number of hydrogen-bond donors (Lipinski definition) is 1. The van der Waals surface area contributed by atoms with E-state index in [1.54, 1.807) is 12.1 Å². The van der Waals surface area contributed by atoms with Gasteiger partial charge in [0.1, 0.15) is 5.75 Å². The molecule has 3 rings (SSSR count). The first-order valence-corrected chi connectivity index (χ1v) is 14.5. The highest BCUT2D eigenvalue weighted by Gasteiger charge is 2.28. The molecule has 32 heavy (non-hydrogen) atoms. The number of ether oxygens (including phenoxy) is 1. The second kappa shape index (κ2) is 10.9. The molecule has 0 radical (unpaired) electrons. The topological polar surface area (TPSA) is 29.5 Å². The van der Waals surface area contributed by atoms with E-state index >= 15 is 4.39 Å². The Balaban J connectivity index is 1.79. The Bertz CT molecular complexity index is 1020. The number of aliphatic hydroxyl groups is 1. The molecule has 0 amide bonds. The van der Waals surface area contributed by atoms with Crippen molar-refractivity contribution in [1.82, 2.24) is 0 Å². The molecule has 0 bridgehead atoms. The summed E-state index contributed by atoms with van der Waals surface area (Å²) in [4.78, 5) is 0. The van der Waals surface area contributed by atoms with Crippen molar-refractivity contribution < 1.29 is 18.6 Å². The van der Waals surface area contributed by atoms with Gasteiger partial charge in [-0.3, -0.25) is 0 Å². The van der Waals surface area contributed by atoms with Crippen molar-refractivity contribution in [1.29, 1.82) is 0 Å². The summed E-state index contributed by atoms with van der Waals surface area (Å²) < 4.78 is 35.6. The van der Waals surface area contributed by atoms with E-state index in [2.05, 4.69) is 20.0 Å². The van der Waals surface area contributed by atoms with E-state index in [4.69, 9.17) is 9.84 Å². The minimum atomic E-state index is -2.01. The van der Waals surface area contributed by atoms with E-state index in [9.17, 15) is 4.39 Å². The average Bonchev–Trinajstić information content (AvgIpc) is 2.80. The Kier molecular flexibility index (Phi) is 8.21. The first-order valence-electron chi connectivity index (χ1n) is 11.3. The zero-order valence-electron chi connectivity index (χ0n) is 19.1. The molecule has 0 spiro atoms. The largest absolute Gasteiger partial charge is 0.494 e. The van der Waals surface area contributed by atoms with Gasteiger partial charge >= 0.3 is 0 Å². The Morgan fingerprint density at radius 1 is 0.781 bits per heavy atom. The van der Waals surface area contributed by atoms with Crippen LogP contribution in [-0.4, -0.2) is 26.4 Å². The molecule has 0 heterocycles. The molecule has 2 nitrogen and oxygen atoms in total. The smallest absolute Gasteiger partial charge is 0.166 e. The van der Waals surface area contributed by atoms with E-state index in [0.29, 0.717) is 29.3 Å². The van der Waals surface area contributed by atoms with Crippen molar-refractivity contribution >= 4 is 13.3 Å². The van der Waals surface area contributed by atoms with Crippen LogP contribution in [0.3, 0.4) is 0 Å². The van der Waals surface area contributed by atoms with Crippen LogP contribution >= 0.6 is 0 Å². The van der Waals surface area contributed by atoms with E-state index < -0.39 is 19.7 Å². The maximum Gasteiger partial charge on any atom is 0.166 e. The van der Waals surface area contributed by atoms with Crippen LogP contribution in [0.5, 0.6) is 5.75 Å². The molecule has 0 aliphatic carbocycles. The van der Waals surface area contributed by atoms with Crippen LogP contribution in [-0.2, 0) is 0 Å². The third kappa shape index (κ3) is 5.64. The fraction of sp³-hybridized carbons (Fsp3) is 0.333. The fourth-order valence-electron chi connectivity index (χ4n) is 3.89. The Hall–Kier alpha value is -2.50. The van der Waals surface area contributed by atoms with Crippen molar-refractivity contribution in [2.75, 3.05) is 13.2 Å². The lowest BCUT2D eigenvalue weighted by molar-refractivity contribution is 0.233. The second-order valence-corrected chi connectivity index (χ2v) is 13.6. The summed E-state index contributed by atoms with van der Waals surface area (Å²) >= 11 is 0. The normalized spacial score (nSPS) is 11.6. The molecule has 0 fully saturated rings. The number of unbranched alkanes of at least 4 members (excludes halogenated alkanes) is 1. The van der Waals surface area contributed by atoms with Gasteiger partial charge in [0, 0.05) is 18.6 Å². The van der Waals surface area contributed by atoms with Gasteiger partial charge in [-0.2, -0.15) is 0 Å². The third-order valence-corrected chi connectivity index (χ3v) is 9.37. The quantitative estimate of drug-likeness (QED) is 0.270.